The lowest BCUT2D eigenvalue weighted by atomic mass is 10.5. The number of hydrogen-bond acceptors (Lipinski definition) is 4. The highest BCUT2D eigenvalue weighted by Gasteiger charge is 2.00. The monoisotopic (exact) mass is 239 g/mol. The molecule has 2 rings (SSSR count). The summed E-state index contributed by atoms with van der Waals surface area (Å²) in [6, 6.07) is 4.86. The van der Waals surface area contributed by atoms with Crippen molar-refractivity contribution in [3.63, 3.8) is 0 Å². The summed E-state index contributed by atoms with van der Waals surface area (Å²) in [6.45, 7) is 0. The maximum Gasteiger partial charge on any atom is 0.251 e. The van der Waals surface area contributed by atoms with Gasteiger partial charge in [-0.25, -0.2) is 9.97 Å². The average Bonchev–Trinajstić information content (AvgIpc) is 2.22. The van der Waals surface area contributed by atoms with Crippen LogP contribution in [0.4, 0.5) is 0 Å². The van der Waals surface area contributed by atoms with Gasteiger partial charge in [0.1, 0.15) is 5.03 Å². The number of nitrogens with zero attached hydrogens (tertiary/aromatic N) is 2. The Morgan fingerprint density at radius 3 is 2.80 bits per heavy atom. The molecule has 0 unspecified atom stereocenters. The Kier molecular flexibility index (Phi) is 3.03. The molecule has 1 N–H and O–H groups in total. The molecule has 2 aromatic rings. The molecule has 0 fully saturated rings. The fraction of sp³-hybridized carbons (Fsp3) is 0. The van der Waals surface area contributed by atoms with Crippen molar-refractivity contribution in [3.8, 4) is 0 Å². The molecule has 4 nitrogen and oxygen atoms in total. The highest BCUT2D eigenvalue weighted by atomic mass is 35.5. The van der Waals surface area contributed by atoms with Crippen LogP contribution in [0.2, 0.25) is 5.02 Å². The predicted octanol–water partition coefficient (Wildman–Crippen LogP) is 1.97. The van der Waals surface area contributed by atoms with E-state index < -0.39 is 0 Å². The molecule has 0 saturated carbocycles. The van der Waals surface area contributed by atoms with Crippen LogP contribution in [0.3, 0.4) is 0 Å². The fourth-order valence-corrected chi connectivity index (χ4v) is 1.74. The normalized spacial score (nSPS) is 10.2. The zero-order valence-electron chi connectivity index (χ0n) is 7.48. The quantitative estimate of drug-likeness (QED) is 0.814. The van der Waals surface area contributed by atoms with Gasteiger partial charge >= 0.3 is 0 Å². The number of halogens is 1. The van der Waals surface area contributed by atoms with Crippen molar-refractivity contribution < 1.29 is 0 Å². The number of hydrogen-bond donors (Lipinski definition) is 1. The van der Waals surface area contributed by atoms with Crippen LogP contribution >= 0.6 is 23.4 Å². The second-order valence-corrected chi connectivity index (χ2v) is 4.10. The molecular weight excluding hydrogens is 234 g/mol. The van der Waals surface area contributed by atoms with Gasteiger partial charge in [-0.2, -0.15) is 0 Å². The van der Waals surface area contributed by atoms with Crippen LogP contribution in [-0.4, -0.2) is 15.0 Å². The van der Waals surface area contributed by atoms with E-state index in [9.17, 15) is 4.79 Å². The molecule has 0 aromatic carbocycles. The Morgan fingerprint density at radius 1 is 1.27 bits per heavy atom. The first-order valence-electron chi connectivity index (χ1n) is 4.09. The van der Waals surface area contributed by atoms with E-state index in [1.54, 1.807) is 18.3 Å². The summed E-state index contributed by atoms with van der Waals surface area (Å²) in [7, 11) is 0. The third-order valence-corrected chi connectivity index (χ3v) is 2.62. The van der Waals surface area contributed by atoms with Gasteiger partial charge in [-0.3, -0.25) is 4.79 Å². The highest BCUT2D eigenvalue weighted by Crippen LogP contribution is 2.21. The molecule has 0 aliphatic carbocycles. The van der Waals surface area contributed by atoms with Crippen molar-refractivity contribution in [2.45, 2.75) is 10.2 Å². The van der Waals surface area contributed by atoms with E-state index in [4.69, 9.17) is 11.6 Å². The summed E-state index contributed by atoms with van der Waals surface area (Å²) in [5, 5.41) is 1.82. The molecule has 2 heterocycles. The molecular formula is C9H6ClN3OS. The van der Waals surface area contributed by atoms with Crippen LogP contribution in [0.15, 0.2) is 45.6 Å². The van der Waals surface area contributed by atoms with Gasteiger partial charge in [0.15, 0.2) is 5.16 Å². The summed E-state index contributed by atoms with van der Waals surface area (Å²) >= 11 is 6.97. The molecule has 0 spiro atoms. The SMILES string of the molecule is O=c1ccnc(Sc2ccc(Cl)cn2)[nH]1. The molecule has 2 aromatic heterocycles. The minimum atomic E-state index is -0.179. The third kappa shape index (κ3) is 2.81. The number of rotatable bonds is 2. The Balaban J connectivity index is 2.22. The molecule has 0 aliphatic heterocycles. The zero-order valence-corrected chi connectivity index (χ0v) is 9.05. The number of aromatic amines is 1. The molecule has 0 aliphatic rings. The van der Waals surface area contributed by atoms with Crippen molar-refractivity contribution in [2.75, 3.05) is 0 Å². The summed E-state index contributed by atoms with van der Waals surface area (Å²) in [5.41, 5.74) is -0.179. The standard InChI is InChI=1S/C9H6ClN3OS/c10-6-1-2-8(12-5-6)15-9-11-4-3-7(14)13-9/h1-5H,(H,11,13,14). The van der Waals surface area contributed by atoms with E-state index in [1.165, 1.54) is 24.0 Å². The number of pyridine rings is 1. The van der Waals surface area contributed by atoms with Crippen molar-refractivity contribution in [2.24, 2.45) is 0 Å². The maximum atomic E-state index is 11.0. The van der Waals surface area contributed by atoms with Gasteiger partial charge in [0, 0.05) is 18.5 Å². The minimum Gasteiger partial charge on any atom is -0.301 e. The van der Waals surface area contributed by atoms with Gasteiger partial charge < -0.3 is 4.98 Å². The lowest BCUT2D eigenvalue weighted by Gasteiger charge is -1.98. The number of aromatic nitrogens is 3. The first-order valence-corrected chi connectivity index (χ1v) is 5.28. The lowest BCUT2D eigenvalue weighted by Crippen LogP contribution is -2.05. The van der Waals surface area contributed by atoms with Crippen molar-refractivity contribution in [3.05, 3.63) is 46.0 Å². The first-order chi connectivity index (χ1) is 7.24. The van der Waals surface area contributed by atoms with Crippen LogP contribution in [0.25, 0.3) is 0 Å². The second kappa shape index (κ2) is 4.46. The van der Waals surface area contributed by atoms with Crippen molar-refractivity contribution in [1.29, 1.82) is 0 Å². The van der Waals surface area contributed by atoms with E-state index in [0.717, 1.165) is 5.03 Å². The van der Waals surface area contributed by atoms with E-state index in [-0.39, 0.29) is 5.56 Å². The highest BCUT2D eigenvalue weighted by molar-refractivity contribution is 7.99. The average molecular weight is 240 g/mol. The van der Waals surface area contributed by atoms with Crippen LogP contribution in [0.1, 0.15) is 0 Å². The maximum absolute atomic E-state index is 11.0. The van der Waals surface area contributed by atoms with E-state index in [2.05, 4.69) is 15.0 Å². The molecule has 6 heteroatoms. The molecule has 0 amide bonds. The predicted molar refractivity (Wildman–Crippen MR) is 58.2 cm³/mol. The summed E-state index contributed by atoms with van der Waals surface area (Å²) < 4.78 is 0. The minimum absolute atomic E-state index is 0.179. The summed E-state index contributed by atoms with van der Waals surface area (Å²) in [5.74, 6) is 0. The van der Waals surface area contributed by atoms with Crippen LogP contribution in [0, 0.1) is 0 Å². The van der Waals surface area contributed by atoms with Crippen LogP contribution in [0.5, 0.6) is 0 Å². The van der Waals surface area contributed by atoms with E-state index in [1.807, 2.05) is 0 Å². The Labute approximate surface area is 94.7 Å². The Hall–Kier alpha value is -1.33. The lowest BCUT2D eigenvalue weighted by molar-refractivity contribution is 0.932. The molecule has 15 heavy (non-hydrogen) atoms. The molecule has 0 bridgehead atoms. The Bertz CT molecular complexity index is 511. The summed E-state index contributed by atoms with van der Waals surface area (Å²) in [4.78, 5) is 21.6. The molecule has 0 atom stereocenters. The molecule has 0 saturated heterocycles. The smallest absolute Gasteiger partial charge is 0.251 e. The van der Waals surface area contributed by atoms with Gasteiger partial charge in [-0.05, 0) is 23.9 Å². The second-order valence-electron chi connectivity index (χ2n) is 2.66. The van der Waals surface area contributed by atoms with Gasteiger partial charge in [0.05, 0.1) is 5.02 Å². The van der Waals surface area contributed by atoms with Crippen LogP contribution in [-0.2, 0) is 0 Å². The van der Waals surface area contributed by atoms with Gasteiger partial charge in [-0.1, -0.05) is 11.6 Å². The fourth-order valence-electron chi connectivity index (χ4n) is 0.926. The topological polar surface area (TPSA) is 58.6 Å². The van der Waals surface area contributed by atoms with Gasteiger partial charge in [0.2, 0.25) is 0 Å². The molecule has 0 radical (unpaired) electrons. The first kappa shape index (κ1) is 10.2. The summed E-state index contributed by atoms with van der Waals surface area (Å²) in [6.07, 6.45) is 3.00. The largest absolute Gasteiger partial charge is 0.301 e. The molecule has 76 valence electrons. The van der Waals surface area contributed by atoms with Crippen LogP contribution < -0.4 is 5.56 Å². The number of H-pyrrole nitrogens is 1. The Morgan fingerprint density at radius 2 is 2.13 bits per heavy atom. The van der Waals surface area contributed by atoms with E-state index >= 15 is 0 Å². The third-order valence-electron chi connectivity index (χ3n) is 1.55. The zero-order chi connectivity index (χ0) is 10.7. The number of nitrogens with one attached hydrogen (secondary N) is 1. The van der Waals surface area contributed by atoms with Gasteiger partial charge in [0.25, 0.3) is 5.56 Å². The van der Waals surface area contributed by atoms with Gasteiger partial charge in [-0.15, -0.1) is 0 Å². The van der Waals surface area contributed by atoms with Crippen molar-refractivity contribution in [1.82, 2.24) is 15.0 Å². The van der Waals surface area contributed by atoms with Crippen molar-refractivity contribution >= 4 is 23.4 Å². The van der Waals surface area contributed by atoms with E-state index in [0.29, 0.717) is 10.2 Å².